The number of nitrogens with zero attached hydrogens (tertiary/aromatic N) is 4. The largest absolute Gasteiger partial charge is 0.355 e. The molecule has 4 aromatic rings. The predicted molar refractivity (Wildman–Crippen MR) is 127 cm³/mol. The molecule has 2 amide bonds. The van der Waals surface area contributed by atoms with Crippen molar-refractivity contribution in [3.8, 4) is 11.3 Å². The number of benzene rings is 2. The number of halogens is 1. The summed E-state index contributed by atoms with van der Waals surface area (Å²) in [6.45, 7) is 0.791. The van der Waals surface area contributed by atoms with Gasteiger partial charge in [0.2, 0.25) is 5.91 Å². The van der Waals surface area contributed by atoms with E-state index < -0.39 is 0 Å². The maximum absolute atomic E-state index is 12.3. The van der Waals surface area contributed by atoms with Gasteiger partial charge in [0.25, 0.3) is 11.5 Å². The van der Waals surface area contributed by atoms with Crippen molar-refractivity contribution in [1.82, 2.24) is 35.6 Å². The number of carbonyl (C=O) groups excluding carboxylic acids is 2. The van der Waals surface area contributed by atoms with Crippen molar-refractivity contribution in [1.29, 1.82) is 0 Å². The van der Waals surface area contributed by atoms with E-state index in [-0.39, 0.29) is 23.9 Å². The maximum Gasteiger partial charge on any atom is 0.254 e. The SMILES string of the molecule is O=C(Cn1cnc(-c2ccc(Cl)cc2)cc1=O)NCCCCNC(=O)c1ccc2n[nH]nc2c1. The van der Waals surface area contributed by atoms with Gasteiger partial charge in [-0.15, -0.1) is 0 Å². The van der Waals surface area contributed by atoms with Gasteiger partial charge in [-0.2, -0.15) is 15.4 Å². The molecule has 2 heterocycles. The lowest BCUT2D eigenvalue weighted by Crippen LogP contribution is -2.33. The van der Waals surface area contributed by atoms with E-state index >= 15 is 0 Å². The van der Waals surface area contributed by atoms with Gasteiger partial charge in [-0.3, -0.25) is 19.0 Å². The van der Waals surface area contributed by atoms with Gasteiger partial charge in [-0.25, -0.2) is 4.98 Å². The van der Waals surface area contributed by atoms with E-state index in [1.54, 1.807) is 42.5 Å². The zero-order valence-corrected chi connectivity index (χ0v) is 18.9. The van der Waals surface area contributed by atoms with Crippen molar-refractivity contribution in [3.05, 3.63) is 75.8 Å². The molecule has 0 atom stereocenters. The van der Waals surface area contributed by atoms with Crippen LogP contribution in [-0.2, 0) is 11.3 Å². The summed E-state index contributed by atoms with van der Waals surface area (Å²) in [7, 11) is 0. The van der Waals surface area contributed by atoms with Crippen molar-refractivity contribution in [2.24, 2.45) is 0 Å². The zero-order chi connectivity index (χ0) is 23.9. The van der Waals surface area contributed by atoms with Crippen LogP contribution in [0.3, 0.4) is 0 Å². The van der Waals surface area contributed by atoms with Crippen LogP contribution in [0.5, 0.6) is 0 Å². The Kier molecular flexibility index (Phi) is 7.28. The highest BCUT2D eigenvalue weighted by atomic mass is 35.5. The molecule has 0 spiro atoms. The average Bonchev–Trinajstić information content (AvgIpc) is 3.31. The summed E-state index contributed by atoms with van der Waals surface area (Å²) in [6, 6.07) is 13.5. The van der Waals surface area contributed by atoms with Gasteiger partial charge in [0.15, 0.2) is 0 Å². The van der Waals surface area contributed by atoms with Crippen molar-refractivity contribution in [3.63, 3.8) is 0 Å². The predicted octanol–water partition coefficient (Wildman–Crippen LogP) is 2.16. The molecule has 0 aliphatic heterocycles. The third-order valence-corrected chi connectivity index (χ3v) is 5.38. The molecule has 3 N–H and O–H groups in total. The van der Waals surface area contributed by atoms with Crippen LogP contribution in [0, 0.1) is 0 Å². The molecule has 34 heavy (non-hydrogen) atoms. The van der Waals surface area contributed by atoms with Crippen LogP contribution in [0.4, 0.5) is 0 Å². The summed E-state index contributed by atoms with van der Waals surface area (Å²) in [5.41, 5.74) is 2.80. The number of H-pyrrole nitrogens is 1. The number of aromatic amines is 1. The molecular formula is C23H22ClN7O3. The van der Waals surface area contributed by atoms with E-state index in [4.69, 9.17) is 11.6 Å². The summed E-state index contributed by atoms with van der Waals surface area (Å²) in [6.07, 6.45) is 2.73. The van der Waals surface area contributed by atoms with E-state index in [2.05, 4.69) is 31.0 Å². The standard InChI is InChI=1S/C23H22ClN7O3/c24-17-6-3-15(4-7-17)19-12-22(33)31(14-27-19)13-21(32)25-9-1-2-10-26-23(34)16-5-8-18-20(11-16)29-30-28-18/h3-8,11-12,14H,1-2,9-10,13H2,(H,25,32)(H,26,34)(H,28,29,30). The molecule has 0 saturated carbocycles. The number of rotatable bonds is 9. The molecule has 0 fully saturated rings. The third kappa shape index (κ3) is 5.84. The fourth-order valence-electron chi connectivity index (χ4n) is 3.30. The monoisotopic (exact) mass is 479 g/mol. The lowest BCUT2D eigenvalue weighted by Gasteiger charge is -2.09. The smallest absolute Gasteiger partial charge is 0.254 e. The summed E-state index contributed by atoms with van der Waals surface area (Å²) in [5, 5.41) is 16.7. The molecule has 0 aliphatic rings. The van der Waals surface area contributed by atoms with Crippen LogP contribution in [-0.4, -0.2) is 49.9 Å². The summed E-state index contributed by atoms with van der Waals surface area (Å²) in [5.74, 6) is -0.476. The Morgan fingerprint density at radius 1 is 0.941 bits per heavy atom. The van der Waals surface area contributed by atoms with Crippen LogP contribution >= 0.6 is 11.6 Å². The number of nitrogens with one attached hydrogen (secondary N) is 3. The molecule has 11 heteroatoms. The Hall–Kier alpha value is -4.05. The van der Waals surface area contributed by atoms with E-state index in [9.17, 15) is 14.4 Å². The Morgan fingerprint density at radius 2 is 1.68 bits per heavy atom. The third-order valence-electron chi connectivity index (χ3n) is 5.12. The number of amides is 2. The lowest BCUT2D eigenvalue weighted by molar-refractivity contribution is -0.121. The Labute approximate surface area is 199 Å². The molecule has 0 bridgehead atoms. The van der Waals surface area contributed by atoms with Gasteiger partial charge in [-0.1, -0.05) is 23.7 Å². The zero-order valence-electron chi connectivity index (χ0n) is 18.1. The topological polar surface area (TPSA) is 135 Å². The van der Waals surface area contributed by atoms with Crippen LogP contribution in [0.2, 0.25) is 5.02 Å². The van der Waals surface area contributed by atoms with Gasteiger partial charge in [-0.05, 0) is 43.2 Å². The normalized spacial score (nSPS) is 10.9. The second-order valence-corrected chi connectivity index (χ2v) is 8.02. The van der Waals surface area contributed by atoms with Crippen LogP contribution in [0.25, 0.3) is 22.3 Å². The molecular weight excluding hydrogens is 458 g/mol. The average molecular weight is 480 g/mol. The number of hydrogen-bond donors (Lipinski definition) is 3. The molecule has 0 aliphatic carbocycles. The second kappa shape index (κ2) is 10.7. The van der Waals surface area contributed by atoms with Gasteiger partial charge in [0, 0.05) is 35.3 Å². The number of hydrogen-bond acceptors (Lipinski definition) is 6. The van der Waals surface area contributed by atoms with Crippen LogP contribution in [0.1, 0.15) is 23.2 Å². The Balaban J connectivity index is 1.17. The second-order valence-electron chi connectivity index (χ2n) is 7.59. The quantitative estimate of drug-likeness (QED) is 0.315. The van der Waals surface area contributed by atoms with E-state index in [0.29, 0.717) is 53.2 Å². The minimum absolute atomic E-state index is 0.117. The van der Waals surface area contributed by atoms with Gasteiger partial charge < -0.3 is 10.6 Å². The summed E-state index contributed by atoms with van der Waals surface area (Å²) < 4.78 is 1.25. The van der Waals surface area contributed by atoms with Gasteiger partial charge in [0.1, 0.15) is 17.6 Å². The minimum Gasteiger partial charge on any atom is -0.355 e. The van der Waals surface area contributed by atoms with Gasteiger partial charge >= 0.3 is 0 Å². The molecule has 2 aromatic heterocycles. The van der Waals surface area contributed by atoms with E-state index in [1.807, 2.05) is 0 Å². The molecule has 0 unspecified atom stereocenters. The first-order valence-corrected chi connectivity index (χ1v) is 11.1. The molecule has 2 aromatic carbocycles. The van der Waals surface area contributed by atoms with Crippen LogP contribution < -0.4 is 16.2 Å². The number of fused-ring (bicyclic) bond motifs is 1. The van der Waals surface area contributed by atoms with Crippen molar-refractivity contribution in [2.75, 3.05) is 13.1 Å². The summed E-state index contributed by atoms with van der Waals surface area (Å²) >= 11 is 5.88. The first-order valence-electron chi connectivity index (χ1n) is 10.7. The van der Waals surface area contributed by atoms with Crippen molar-refractivity contribution < 1.29 is 9.59 Å². The fourth-order valence-corrected chi connectivity index (χ4v) is 3.42. The first kappa shape index (κ1) is 23.1. The van der Waals surface area contributed by atoms with Crippen LogP contribution in [0.15, 0.2) is 59.7 Å². The van der Waals surface area contributed by atoms with Crippen molar-refractivity contribution >= 4 is 34.4 Å². The lowest BCUT2D eigenvalue weighted by atomic mass is 10.1. The maximum atomic E-state index is 12.3. The highest BCUT2D eigenvalue weighted by Crippen LogP contribution is 2.18. The summed E-state index contributed by atoms with van der Waals surface area (Å²) in [4.78, 5) is 41.0. The fraction of sp³-hybridized carbons (Fsp3) is 0.217. The minimum atomic E-state index is -0.318. The molecule has 0 radical (unpaired) electrons. The van der Waals surface area contributed by atoms with E-state index in [0.717, 1.165) is 5.56 Å². The Morgan fingerprint density at radius 3 is 2.44 bits per heavy atom. The van der Waals surface area contributed by atoms with E-state index in [1.165, 1.54) is 17.0 Å². The number of carbonyl (C=O) groups is 2. The Bertz CT molecular complexity index is 1370. The first-order chi connectivity index (χ1) is 16.5. The molecule has 10 nitrogen and oxygen atoms in total. The molecule has 0 saturated heterocycles. The number of aromatic nitrogens is 5. The highest BCUT2D eigenvalue weighted by Gasteiger charge is 2.09. The van der Waals surface area contributed by atoms with Crippen molar-refractivity contribution in [2.45, 2.75) is 19.4 Å². The molecule has 174 valence electrons. The highest BCUT2D eigenvalue weighted by molar-refractivity contribution is 6.30. The number of unbranched alkanes of at least 4 members (excludes halogenated alkanes) is 1. The van der Waals surface area contributed by atoms with Gasteiger partial charge in [0.05, 0.1) is 12.0 Å². The molecule has 4 rings (SSSR count).